The Morgan fingerprint density at radius 2 is 1.89 bits per heavy atom. The molecule has 2 nitrogen and oxygen atoms in total. The van der Waals surface area contributed by atoms with Crippen molar-refractivity contribution in [3.05, 3.63) is 29.6 Å². The molecule has 0 bridgehead atoms. The second kappa shape index (κ2) is 4.88. The third kappa shape index (κ3) is 2.66. The van der Waals surface area contributed by atoms with Crippen LogP contribution in [0.25, 0.3) is 0 Å². The molecular formula is C15H23FN2. The van der Waals surface area contributed by atoms with Gasteiger partial charge in [-0.3, -0.25) is 0 Å². The van der Waals surface area contributed by atoms with Gasteiger partial charge in [0.05, 0.1) is 0 Å². The van der Waals surface area contributed by atoms with Crippen LogP contribution in [0, 0.1) is 11.2 Å². The lowest BCUT2D eigenvalue weighted by molar-refractivity contribution is 0.279. The van der Waals surface area contributed by atoms with E-state index in [1.807, 2.05) is 13.0 Å². The fourth-order valence-electron chi connectivity index (χ4n) is 2.61. The number of nitrogens with two attached hydrogens (primary N) is 1. The molecule has 1 aromatic carbocycles. The summed E-state index contributed by atoms with van der Waals surface area (Å²) < 4.78 is 13.9. The summed E-state index contributed by atoms with van der Waals surface area (Å²) in [6.07, 6.45) is 2.28. The number of hydrogen-bond acceptors (Lipinski definition) is 2. The van der Waals surface area contributed by atoms with Gasteiger partial charge in [-0.2, -0.15) is 0 Å². The van der Waals surface area contributed by atoms with Gasteiger partial charge in [-0.15, -0.1) is 0 Å². The average molecular weight is 250 g/mol. The Bertz CT molecular complexity index is 417. The molecule has 0 aliphatic carbocycles. The number of hydrogen-bond donors (Lipinski definition) is 1. The molecule has 1 fully saturated rings. The Morgan fingerprint density at radius 3 is 2.44 bits per heavy atom. The van der Waals surface area contributed by atoms with Gasteiger partial charge < -0.3 is 10.6 Å². The normalized spacial score (nSPS) is 20.8. The predicted octanol–water partition coefficient (Wildman–Crippen LogP) is 3.47. The molecule has 1 heterocycles. The first-order chi connectivity index (χ1) is 8.41. The first kappa shape index (κ1) is 13.3. The molecule has 3 heteroatoms. The van der Waals surface area contributed by atoms with Gasteiger partial charge in [0.15, 0.2) is 0 Å². The van der Waals surface area contributed by atoms with Crippen molar-refractivity contribution in [2.45, 2.75) is 39.7 Å². The molecule has 0 amide bonds. The zero-order valence-corrected chi connectivity index (χ0v) is 11.5. The van der Waals surface area contributed by atoms with Crippen molar-refractivity contribution in [1.29, 1.82) is 0 Å². The van der Waals surface area contributed by atoms with Crippen molar-refractivity contribution in [2.75, 3.05) is 18.0 Å². The third-order valence-electron chi connectivity index (χ3n) is 3.94. The lowest BCUT2D eigenvalue weighted by atomic mass is 9.82. The maximum atomic E-state index is 13.9. The smallest absolute Gasteiger partial charge is 0.130 e. The molecule has 2 N–H and O–H groups in total. The summed E-state index contributed by atoms with van der Waals surface area (Å²) in [5.74, 6) is -0.188. The van der Waals surface area contributed by atoms with Crippen LogP contribution in [0.15, 0.2) is 18.2 Å². The minimum atomic E-state index is -0.267. The van der Waals surface area contributed by atoms with Crippen LogP contribution in [0.2, 0.25) is 0 Å². The highest BCUT2D eigenvalue weighted by atomic mass is 19.1. The van der Waals surface area contributed by atoms with Crippen molar-refractivity contribution >= 4 is 5.69 Å². The number of piperidine rings is 1. The summed E-state index contributed by atoms with van der Waals surface area (Å²) in [5, 5.41) is 0. The molecule has 0 aromatic heterocycles. The van der Waals surface area contributed by atoms with Gasteiger partial charge in [0.2, 0.25) is 0 Å². The zero-order chi connectivity index (χ0) is 13.3. The van der Waals surface area contributed by atoms with E-state index < -0.39 is 0 Å². The minimum Gasteiger partial charge on any atom is -0.371 e. The van der Waals surface area contributed by atoms with Crippen molar-refractivity contribution in [1.82, 2.24) is 0 Å². The van der Waals surface area contributed by atoms with E-state index in [9.17, 15) is 4.39 Å². The van der Waals surface area contributed by atoms with Gasteiger partial charge in [0, 0.05) is 30.4 Å². The summed E-state index contributed by atoms with van der Waals surface area (Å²) >= 11 is 0. The largest absolute Gasteiger partial charge is 0.371 e. The van der Waals surface area contributed by atoms with Gasteiger partial charge in [-0.25, -0.2) is 4.39 Å². The van der Waals surface area contributed by atoms with Crippen molar-refractivity contribution < 1.29 is 4.39 Å². The lowest BCUT2D eigenvalue weighted by Gasteiger charge is -2.39. The molecule has 1 aliphatic heterocycles. The van der Waals surface area contributed by atoms with Crippen LogP contribution < -0.4 is 10.6 Å². The van der Waals surface area contributed by atoms with E-state index in [1.165, 1.54) is 6.07 Å². The summed E-state index contributed by atoms with van der Waals surface area (Å²) in [7, 11) is 0. The number of rotatable bonds is 2. The number of benzene rings is 1. The fraction of sp³-hybridized carbons (Fsp3) is 0.600. The standard InChI is InChI=1S/C15H23FN2/c1-11(17)14-12(16)5-4-6-13(14)18-9-7-15(2,3)8-10-18/h4-6,11H,7-10,17H2,1-3H3/t11-/m1/s1. The highest BCUT2D eigenvalue weighted by Gasteiger charge is 2.27. The number of anilines is 1. The monoisotopic (exact) mass is 250 g/mol. The summed E-state index contributed by atoms with van der Waals surface area (Å²) in [5.41, 5.74) is 7.93. The first-order valence-electron chi connectivity index (χ1n) is 6.70. The van der Waals surface area contributed by atoms with Crippen LogP contribution in [-0.4, -0.2) is 13.1 Å². The van der Waals surface area contributed by atoms with Crippen molar-refractivity contribution in [3.63, 3.8) is 0 Å². The SMILES string of the molecule is C[C@@H](N)c1c(F)cccc1N1CCC(C)(C)CC1. The molecule has 1 aromatic rings. The molecule has 1 saturated heterocycles. The molecule has 2 rings (SSSR count). The highest BCUT2D eigenvalue weighted by molar-refractivity contribution is 5.55. The van der Waals surface area contributed by atoms with E-state index >= 15 is 0 Å². The Labute approximate surface area is 109 Å². The highest BCUT2D eigenvalue weighted by Crippen LogP contribution is 2.35. The maximum absolute atomic E-state index is 13.9. The van der Waals surface area contributed by atoms with E-state index in [1.54, 1.807) is 6.07 Å². The Morgan fingerprint density at radius 1 is 1.28 bits per heavy atom. The van der Waals surface area contributed by atoms with E-state index in [2.05, 4.69) is 18.7 Å². The molecule has 100 valence electrons. The third-order valence-corrected chi connectivity index (χ3v) is 3.94. The quantitative estimate of drug-likeness (QED) is 0.870. The topological polar surface area (TPSA) is 29.3 Å². The van der Waals surface area contributed by atoms with E-state index in [0.29, 0.717) is 11.0 Å². The second-order valence-corrected chi connectivity index (χ2v) is 6.11. The fourth-order valence-corrected chi connectivity index (χ4v) is 2.61. The van der Waals surface area contributed by atoms with Crippen LogP contribution in [0.4, 0.5) is 10.1 Å². The number of halogens is 1. The Balaban J connectivity index is 2.27. The van der Waals surface area contributed by atoms with E-state index in [0.717, 1.165) is 31.6 Å². The van der Waals surface area contributed by atoms with Gasteiger partial charge >= 0.3 is 0 Å². The second-order valence-electron chi connectivity index (χ2n) is 6.11. The average Bonchev–Trinajstić information content (AvgIpc) is 2.28. The van der Waals surface area contributed by atoms with Crippen LogP contribution in [0.5, 0.6) is 0 Å². The van der Waals surface area contributed by atoms with Gasteiger partial charge in [0.1, 0.15) is 5.82 Å². The molecule has 0 spiro atoms. The van der Waals surface area contributed by atoms with Gasteiger partial charge in [-0.05, 0) is 37.3 Å². The van der Waals surface area contributed by atoms with E-state index in [4.69, 9.17) is 5.73 Å². The molecule has 1 atom stereocenters. The molecule has 1 aliphatic rings. The summed E-state index contributed by atoms with van der Waals surface area (Å²) in [6, 6.07) is 4.99. The molecule has 0 radical (unpaired) electrons. The number of nitrogens with zero attached hydrogens (tertiary/aromatic N) is 1. The first-order valence-corrected chi connectivity index (χ1v) is 6.70. The Kier molecular flexibility index (Phi) is 3.62. The van der Waals surface area contributed by atoms with Gasteiger partial charge in [-0.1, -0.05) is 19.9 Å². The van der Waals surface area contributed by atoms with Crippen molar-refractivity contribution in [3.8, 4) is 0 Å². The minimum absolute atomic E-state index is 0.188. The summed E-state index contributed by atoms with van der Waals surface area (Å²) in [4.78, 5) is 2.27. The molecule has 18 heavy (non-hydrogen) atoms. The van der Waals surface area contributed by atoms with Crippen LogP contribution >= 0.6 is 0 Å². The van der Waals surface area contributed by atoms with Gasteiger partial charge in [0.25, 0.3) is 0 Å². The molecular weight excluding hydrogens is 227 g/mol. The zero-order valence-electron chi connectivity index (χ0n) is 11.5. The predicted molar refractivity (Wildman–Crippen MR) is 74.2 cm³/mol. The van der Waals surface area contributed by atoms with Crippen LogP contribution in [0.3, 0.4) is 0 Å². The van der Waals surface area contributed by atoms with Crippen molar-refractivity contribution in [2.24, 2.45) is 11.1 Å². The maximum Gasteiger partial charge on any atom is 0.130 e. The Hall–Kier alpha value is -1.09. The molecule has 0 saturated carbocycles. The van der Waals surface area contributed by atoms with Crippen LogP contribution in [-0.2, 0) is 0 Å². The summed E-state index contributed by atoms with van der Waals surface area (Å²) in [6.45, 7) is 8.40. The lowest BCUT2D eigenvalue weighted by Crippen LogP contribution is -2.38. The van der Waals surface area contributed by atoms with Crippen LogP contribution in [0.1, 0.15) is 45.2 Å². The van der Waals surface area contributed by atoms with E-state index in [-0.39, 0.29) is 11.9 Å². The molecule has 0 unspecified atom stereocenters.